The van der Waals surface area contributed by atoms with Crippen molar-refractivity contribution in [3.63, 3.8) is 0 Å². The number of rotatable bonds is 7. The van der Waals surface area contributed by atoms with Crippen LogP contribution < -0.4 is 0 Å². The zero-order chi connectivity index (χ0) is 42.1. The Hall–Kier alpha value is -7.02. The van der Waals surface area contributed by atoms with E-state index in [2.05, 4.69) is 246 Å². The number of benzene rings is 9. The molecule has 0 unspecified atom stereocenters. The van der Waals surface area contributed by atoms with E-state index in [1.807, 2.05) is 0 Å². The van der Waals surface area contributed by atoms with Gasteiger partial charge in [-0.1, -0.05) is 210 Å². The smallest absolute Gasteiger partial charge is 0.0622 e. The zero-order valence-electron chi connectivity index (χ0n) is 36.0. The molecule has 0 atom stereocenters. The lowest BCUT2D eigenvalue weighted by Gasteiger charge is -2.34. The average molecular weight is 795 g/mol. The van der Waals surface area contributed by atoms with E-state index in [-0.39, 0.29) is 10.8 Å². The lowest BCUT2D eigenvalue weighted by molar-refractivity contribution is 0.403. The van der Waals surface area contributed by atoms with Crippen LogP contribution in [0.15, 0.2) is 218 Å². The minimum absolute atomic E-state index is 0.125. The zero-order valence-corrected chi connectivity index (χ0v) is 36.0. The summed E-state index contributed by atoms with van der Waals surface area (Å²) in [5.41, 5.74) is 22.7. The lowest BCUT2D eigenvalue weighted by atomic mass is 9.67. The van der Waals surface area contributed by atoms with Gasteiger partial charge >= 0.3 is 0 Å². The summed E-state index contributed by atoms with van der Waals surface area (Å²) < 4.78 is 0. The third kappa shape index (κ3) is 6.20. The first-order valence-electron chi connectivity index (χ1n) is 22.1. The van der Waals surface area contributed by atoms with Crippen LogP contribution >= 0.6 is 0 Å². The van der Waals surface area contributed by atoms with Crippen LogP contribution in [0, 0.1) is 0 Å². The average Bonchev–Trinajstić information content (AvgIpc) is 3.73. The van der Waals surface area contributed by atoms with Crippen LogP contribution in [0.25, 0.3) is 66.8 Å². The van der Waals surface area contributed by atoms with Crippen LogP contribution in [0.3, 0.4) is 0 Å². The van der Waals surface area contributed by atoms with E-state index in [1.54, 1.807) is 0 Å². The lowest BCUT2D eigenvalue weighted by Crippen LogP contribution is -2.28. The number of hydrogen-bond donors (Lipinski definition) is 0. The maximum Gasteiger partial charge on any atom is 0.0713 e. The molecule has 0 heterocycles. The fourth-order valence-corrected chi connectivity index (χ4v) is 11.3. The molecular formula is C62H50. The number of fused-ring (bicyclic) bond motifs is 4. The fourth-order valence-electron chi connectivity index (χ4n) is 11.3. The highest BCUT2D eigenvalue weighted by Gasteiger charge is 2.46. The van der Waals surface area contributed by atoms with E-state index in [0.717, 1.165) is 6.42 Å². The quantitative estimate of drug-likeness (QED) is 0.151. The molecule has 2 aliphatic carbocycles. The first-order chi connectivity index (χ1) is 30.2. The summed E-state index contributed by atoms with van der Waals surface area (Å²) in [5.74, 6) is 0. The van der Waals surface area contributed by atoms with Crippen LogP contribution in [-0.2, 0) is 16.2 Å². The molecule has 0 fully saturated rings. The third-order valence-corrected chi connectivity index (χ3v) is 13.9. The summed E-state index contributed by atoms with van der Waals surface area (Å²) in [5, 5.41) is 0. The Labute approximate surface area is 367 Å². The molecule has 0 saturated heterocycles. The van der Waals surface area contributed by atoms with E-state index in [1.165, 1.54) is 100 Å². The van der Waals surface area contributed by atoms with E-state index in [4.69, 9.17) is 0 Å². The summed E-state index contributed by atoms with van der Waals surface area (Å²) in [4.78, 5) is 0. The van der Waals surface area contributed by atoms with Gasteiger partial charge in [-0.15, -0.1) is 0 Å². The predicted molar refractivity (Wildman–Crippen MR) is 262 cm³/mol. The predicted octanol–water partition coefficient (Wildman–Crippen LogP) is 16.3. The molecule has 0 bridgehead atoms. The minimum Gasteiger partial charge on any atom is -0.0622 e. The molecule has 0 heteroatoms. The van der Waals surface area contributed by atoms with E-state index in [9.17, 15) is 0 Å². The van der Waals surface area contributed by atoms with Gasteiger partial charge in [0.15, 0.2) is 0 Å². The van der Waals surface area contributed by atoms with Crippen molar-refractivity contribution in [1.29, 1.82) is 0 Å². The van der Waals surface area contributed by atoms with Crippen LogP contribution in [0.1, 0.15) is 67.5 Å². The summed E-state index contributed by atoms with van der Waals surface area (Å²) in [7, 11) is 0. The van der Waals surface area contributed by atoms with Crippen LogP contribution in [-0.4, -0.2) is 0 Å². The van der Waals surface area contributed by atoms with Gasteiger partial charge in [-0.25, -0.2) is 0 Å². The molecule has 0 N–H and O–H groups in total. The summed E-state index contributed by atoms with van der Waals surface area (Å²) >= 11 is 0. The standard InChI is InChI=1S/C62H50/c1-60(2)41-61(3,4)59-40-48(32-33-58(59)60)46-24-16-26-52(38-46)62(56-30-13-11-28-54(56)55-29-12-14-31-57(55)62)53-27-17-25-47(39-53)51-36-49(43-20-9-6-10-21-43)35-50(37-51)45-23-15-22-44(34-45)42-18-7-5-8-19-42/h5-40H,41H2,1-4H3. The van der Waals surface area contributed by atoms with Crippen molar-refractivity contribution in [1.82, 2.24) is 0 Å². The molecule has 2 aliphatic rings. The van der Waals surface area contributed by atoms with Crippen molar-refractivity contribution in [2.75, 3.05) is 0 Å². The summed E-state index contributed by atoms with van der Waals surface area (Å²) in [6.07, 6.45) is 1.15. The van der Waals surface area contributed by atoms with Crippen molar-refractivity contribution < 1.29 is 0 Å². The van der Waals surface area contributed by atoms with Crippen molar-refractivity contribution >= 4 is 0 Å². The Balaban J connectivity index is 1.11. The van der Waals surface area contributed by atoms with Crippen molar-refractivity contribution in [3.8, 4) is 66.8 Å². The van der Waals surface area contributed by atoms with E-state index in [0.29, 0.717) is 0 Å². The molecule has 62 heavy (non-hydrogen) atoms. The maximum atomic E-state index is 2.49. The maximum absolute atomic E-state index is 2.49. The summed E-state index contributed by atoms with van der Waals surface area (Å²) in [6.45, 7) is 9.62. The Morgan fingerprint density at radius 2 is 0.629 bits per heavy atom. The monoisotopic (exact) mass is 794 g/mol. The van der Waals surface area contributed by atoms with E-state index >= 15 is 0 Å². The highest BCUT2D eigenvalue weighted by Crippen LogP contribution is 2.57. The van der Waals surface area contributed by atoms with Gasteiger partial charge in [-0.05, 0) is 154 Å². The van der Waals surface area contributed by atoms with Crippen LogP contribution in [0.2, 0.25) is 0 Å². The van der Waals surface area contributed by atoms with Crippen molar-refractivity contribution in [3.05, 3.63) is 252 Å². The normalized spacial score (nSPS) is 15.1. The molecule has 0 aromatic heterocycles. The molecule has 0 saturated carbocycles. The highest BCUT2D eigenvalue weighted by atomic mass is 14.5. The molecule has 9 aromatic carbocycles. The largest absolute Gasteiger partial charge is 0.0713 e. The molecule has 0 amide bonds. The van der Waals surface area contributed by atoms with Crippen molar-refractivity contribution in [2.45, 2.75) is 50.4 Å². The molecule has 0 nitrogen and oxygen atoms in total. The van der Waals surface area contributed by atoms with Gasteiger partial charge in [0.25, 0.3) is 0 Å². The van der Waals surface area contributed by atoms with Crippen molar-refractivity contribution in [2.24, 2.45) is 0 Å². The molecule has 11 rings (SSSR count). The first-order valence-corrected chi connectivity index (χ1v) is 22.1. The molecule has 0 spiro atoms. The molecule has 0 radical (unpaired) electrons. The minimum atomic E-state index is -0.541. The second-order valence-corrected chi connectivity index (χ2v) is 18.8. The fraction of sp³-hybridized carbons (Fsp3) is 0.129. The Bertz CT molecular complexity index is 3100. The third-order valence-electron chi connectivity index (χ3n) is 13.9. The second kappa shape index (κ2) is 14.6. The van der Waals surface area contributed by atoms with Gasteiger partial charge < -0.3 is 0 Å². The van der Waals surface area contributed by atoms with Gasteiger partial charge in [0.05, 0.1) is 5.41 Å². The summed E-state index contributed by atoms with van der Waals surface area (Å²) in [6, 6.07) is 81.8. The topological polar surface area (TPSA) is 0 Å². The van der Waals surface area contributed by atoms with Crippen LogP contribution in [0.5, 0.6) is 0 Å². The molecular weight excluding hydrogens is 745 g/mol. The first kappa shape index (κ1) is 37.9. The Morgan fingerprint density at radius 3 is 1.19 bits per heavy atom. The highest BCUT2D eigenvalue weighted by molar-refractivity contribution is 5.88. The van der Waals surface area contributed by atoms with Gasteiger partial charge in [0.1, 0.15) is 0 Å². The van der Waals surface area contributed by atoms with Gasteiger partial charge in [0.2, 0.25) is 0 Å². The molecule has 9 aromatic rings. The Morgan fingerprint density at radius 1 is 0.258 bits per heavy atom. The second-order valence-electron chi connectivity index (χ2n) is 18.8. The Kier molecular flexibility index (Phi) is 8.92. The molecule has 298 valence electrons. The van der Waals surface area contributed by atoms with Gasteiger partial charge in [-0.2, -0.15) is 0 Å². The van der Waals surface area contributed by atoms with E-state index < -0.39 is 5.41 Å². The van der Waals surface area contributed by atoms with Gasteiger partial charge in [0, 0.05) is 0 Å². The SMILES string of the molecule is CC1(C)CC(C)(C)c2cc(-c3cccc(C4(c5cccc(-c6cc(-c7ccccc7)cc(-c7cccc(-c8ccccc8)c7)c6)c5)c5ccccc5-c5ccccc54)c3)ccc21. The van der Waals surface area contributed by atoms with Crippen LogP contribution in [0.4, 0.5) is 0 Å². The number of hydrogen-bond acceptors (Lipinski definition) is 0. The van der Waals surface area contributed by atoms with Gasteiger partial charge in [-0.3, -0.25) is 0 Å². The molecule has 0 aliphatic heterocycles.